The average molecular weight is 370 g/mol. The predicted octanol–water partition coefficient (Wildman–Crippen LogP) is 4.06. The molecule has 27 heavy (non-hydrogen) atoms. The third-order valence-electron chi connectivity index (χ3n) is 4.21. The number of hydrogen-bond donors (Lipinski definition) is 1. The number of benzene rings is 2. The van der Waals surface area contributed by atoms with E-state index in [1.807, 2.05) is 44.2 Å². The van der Waals surface area contributed by atoms with Crippen molar-refractivity contribution in [1.82, 2.24) is 0 Å². The minimum Gasteiger partial charge on any atom is -0.493 e. The van der Waals surface area contributed by atoms with E-state index in [1.165, 1.54) is 13.2 Å². The molecule has 0 aliphatic rings. The van der Waals surface area contributed by atoms with Gasteiger partial charge in [-0.05, 0) is 34.8 Å². The van der Waals surface area contributed by atoms with Crippen molar-refractivity contribution in [2.24, 2.45) is 5.92 Å². The van der Waals surface area contributed by atoms with Gasteiger partial charge in [0.25, 0.3) is 0 Å². The van der Waals surface area contributed by atoms with Crippen molar-refractivity contribution < 1.29 is 24.1 Å². The van der Waals surface area contributed by atoms with Gasteiger partial charge < -0.3 is 19.3 Å². The van der Waals surface area contributed by atoms with Gasteiger partial charge in [-0.1, -0.05) is 50.2 Å². The van der Waals surface area contributed by atoms with Gasteiger partial charge in [-0.2, -0.15) is 0 Å². The SMILES string of the molecule is COC(=O)/C=C(\C(C)C)C(O)c1ccc(OC)c(OCc2ccccc2)c1. The summed E-state index contributed by atoms with van der Waals surface area (Å²) in [7, 11) is 2.88. The first-order chi connectivity index (χ1) is 13.0. The number of aliphatic hydroxyl groups is 1. The number of carbonyl (C=O) groups excluding carboxylic acids is 1. The molecule has 0 fully saturated rings. The van der Waals surface area contributed by atoms with Crippen LogP contribution in [0.2, 0.25) is 0 Å². The summed E-state index contributed by atoms with van der Waals surface area (Å²) >= 11 is 0. The first kappa shape index (κ1) is 20.5. The Morgan fingerprint density at radius 2 is 1.78 bits per heavy atom. The highest BCUT2D eigenvalue weighted by Crippen LogP contribution is 2.34. The van der Waals surface area contributed by atoms with Crippen LogP contribution in [0.25, 0.3) is 0 Å². The maximum atomic E-state index is 11.6. The van der Waals surface area contributed by atoms with Crippen molar-refractivity contribution in [3.63, 3.8) is 0 Å². The zero-order chi connectivity index (χ0) is 19.8. The fourth-order valence-electron chi connectivity index (χ4n) is 2.66. The lowest BCUT2D eigenvalue weighted by atomic mass is 9.92. The highest BCUT2D eigenvalue weighted by atomic mass is 16.5. The molecule has 0 heterocycles. The molecule has 2 aromatic rings. The van der Waals surface area contributed by atoms with Crippen molar-refractivity contribution in [1.29, 1.82) is 0 Å². The molecule has 0 saturated heterocycles. The van der Waals surface area contributed by atoms with E-state index in [1.54, 1.807) is 25.3 Å². The van der Waals surface area contributed by atoms with Gasteiger partial charge in [0.15, 0.2) is 11.5 Å². The molecule has 2 aromatic carbocycles. The van der Waals surface area contributed by atoms with Gasteiger partial charge in [0, 0.05) is 6.08 Å². The summed E-state index contributed by atoms with van der Waals surface area (Å²) in [5, 5.41) is 10.8. The van der Waals surface area contributed by atoms with E-state index in [-0.39, 0.29) is 5.92 Å². The normalized spacial score (nSPS) is 12.6. The number of rotatable bonds is 8. The Kier molecular flexibility index (Phi) is 7.44. The Morgan fingerprint density at radius 1 is 1.07 bits per heavy atom. The van der Waals surface area contributed by atoms with Crippen LogP contribution in [0.1, 0.15) is 31.1 Å². The minimum atomic E-state index is -0.950. The second-order valence-electron chi connectivity index (χ2n) is 6.41. The molecule has 144 valence electrons. The summed E-state index contributed by atoms with van der Waals surface area (Å²) in [6.45, 7) is 4.20. The lowest BCUT2D eigenvalue weighted by Gasteiger charge is -2.20. The minimum absolute atomic E-state index is 0.0325. The van der Waals surface area contributed by atoms with Crippen LogP contribution in [-0.4, -0.2) is 25.3 Å². The van der Waals surface area contributed by atoms with Gasteiger partial charge in [0.1, 0.15) is 12.7 Å². The van der Waals surface area contributed by atoms with Crippen LogP contribution in [0.3, 0.4) is 0 Å². The molecular weight excluding hydrogens is 344 g/mol. The predicted molar refractivity (Wildman–Crippen MR) is 104 cm³/mol. The molecule has 0 saturated carbocycles. The maximum Gasteiger partial charge on any atom is 0.330 e. The largest absolute Gasteiger partial charge is 0.493 e. The molecular formula is C22H26O5. The molecule has 0 aliphatic carbocycles. The highest BCUT2D eigenvalue weighted by molar-refractivity contribution is 5.83. The van der Waals surface area contributed by atoms with Gasteiger partial charge in [-0.25, -0.2) is 4.79 Å². The van der Waals surface area contributed by atoms with Crippen LogP contribution in [-0.2, 0) is 16.1 Å². The first-order valence-electron chi connectivity index (χ1n) is 8.78. The van der Waals surface area contributed by atoms with Crippen molar-refractivity contribution >= 4 is 5.97 Å². The zero-order valence-corrected chi connectivity index (χ0v) is 16.1. The highest BCUT2D eigenvalue weighted by Gasteiger charge is 2.20. The second kappa shape index (κ2) is 9.78. The monoisotopic (exact) mass is 370 g/mol. The standard InChI is InChI=1S/C22H26O5/c1-15(2)18(13-21(23)26-4)22(24)17-10-11-19(25-3)20(12-17)27-14-16-8-6-5-7-9-16/h5-13,15,22,24H,14H2,1-4H3/b18-13+. The number of ether oxygens (including phenoxy) is 3. The number of hydrogen-bond acceptors (Lipinski definition) is 5. The molecule has 0 aromatic heterocycles. The number of methoxy groups -OCH3 is 2. The smallest absolute Gasteiger partial charge is 0.330 e. The van der Waals surface area contributed by atoms with Crippen LogP contribution in [0.15, 0.2) is 60.2 Å². The van der Waals surface area contributed by atoms with E-state index >= 15 is 0 Å². The molecule has 5 nitrogen and oxygen atoms in total. The van der Waals surface area contributed by atoms with Crippen LogP contribution in [0.5, 0.6) is 11.5 Å². The first-order valence-corrected chi connectivity index (χ1v) is 8.78. The fraction of sp³-hybridized carbons (Fsp3) is 0.318. The summed E-state index contributed by atoms with van der Waals surface area (Å²) in [6.07, 6.45) is 0.387. The molecule has 0 radical (unpaired) electrons. The Balaban J connectivity index is 2.28. The molecule has 0 aliphatic heterocycles. The second-order valence-corrected chi connectivity index (χ2v) is 6.41. The van der Waals surface area contributed by atoms with Crippen molar-refractivity contribution in [2.45, 2.75) is 26.6 Å². The van der Waals surface area contributed by atoms with Gasteiger partial charge in [-0.3, -0.25) is 0 Å². The lowest BCUT2D eigenvalue weighted by Crippen LogP contribution is -2.11. The quantitative estimate of drug-likeness (QED) is 0.561. The number of carbonyl (C=O) groups is 1. The fourth-order valence-corrected chi connectivity index (χ4v) is 2.66. The molecule has 2 rings (SSSR count). The lowest BCUT2D eigenvalue weighted by molar-refractivity contribution is -0.135. The molecule has 0 spiro atoms. The van der Waals surface area contributed by atoms with Crippen molar-refractivity contribution in [3.05, 3.63) is 71.3 Å². The molecule has 0 amide bonds. The number of esters is 1. The molecule has 1 unspecified atom stereocenters. The third-order valence-corrected chi connectivity index (χ3v) is 4.21. The zero-order valence-electron chi connectivity index (χ0n) is 16.1. The summed E-state index contributed by atoms with van der Waals surface area (Å²) in [5.41, 5.74) is 2.21. The molecule has 5 heteroatoms. The van der Waals surface area contributed by atoms with E-state index in [4.69, 9.17) is 14.2 Å². The average Bonchev–Trinajstić information content (AvgIpc) is 2.70. The van der Waals surface area contributed by atoms with Gasteiger partial charge >= 0.3 is 5.97 Å². The topological polar surface area (TPSA) is 65.0 Å². The maximum absolute atomic E-state index is 11.6. The summed E-state index contributed by atoms with van der Waals surface area (Å²) < 4.78 is 16.0. The van der Waals surface area contributed by atoms with E-state index in [2.05, 4.69) is 0 Å². The van der Waals surface area contributed by atoms with Crippen molar-refractivity contribution in [2.75, 3.05) is 14.2 Å². The molecule has 1 atom stereocenters. The Bertz CT molecular complexity index is 781. The van der Waals surface area contributed by atoms with Gasteiger partial charge in [0.05, 0.1) is 14.2 Å². The van der Waals surface area contributed by atoms with E-state index < -0.39 is 12.1 Å². The summed E-state index contributed by atoms with van der Waals surface area (Å²) in [4.78, 5) is 11.6. The van der Waals surface area contributed by atoms with Gasteiger partial charge in [0.2, 0.25) is 0 Å². The van der Waals surface area contributed by atoms with Crippen LogP contribution >= 0.6 is 0 Å². The van der Waals surface area contributed by atoms with Crippen molar-refractivity contribution in [3.8, 4) is 11.5 Å². The summed E-state index contributed by atoms with van der Waals surface area (Å²) in [6, 6.07) is 15.0. The van der Waals surface area contributed by atoms with Crippen LogP contribution < -0.4 is 9.47 Å². The van der Waals surface area contributed by atoms with Crippen LogP contribution in [0.4, 0.5) is 0 Å². The van der Waals surface area contributed by atoms with Gasteiger partial charge in [-0.15, -0.1) is 0 Å². The van der Waals surface area contributed by atoms with E-state index in [0.717, 1.165) is 5.56 Å². The van der Waals surface area contributed by atoms with E-state index in [9.17, 15) is 9.90 Å². The third kappa shape index (κ3) is 5.59. The summed E-state index contributed by atoms with van der Waals surface area (Å²) in [5.74, 6) is 0.575. The van der Waals surface area contributed by atoms with E-state index in [0.29, 0.717) is 29.2 Å². The Hall–Kier alpha value is -2.79. The Morgan fingerprint density at radius 3 is 2.37 bits per heavy atom. The Labute approximate surface area is 160 Å². The van der Waals surface area contributed by atoms with Crippen LogP contribution in [0, 0.1) is 5.92 Å². The molecule has 0 bridgehead atoms. The molecule has 1 N–H and O–H groups in total. The number of aliphatic hydroxyl groups excluding tert-OH is 1.